The van der Waals surface area contributed by atoms with E-state index in [9.17, 15) is 13.2 Å². The topological polar surface area (TPSA) is 41.8 Å². The average molecular weight is 228 g/mol. The van der Waals surface area contributed by atoms with Crippen LogP contribution in [0.15, 0.2) is 24.3 Å². The van der Waals surface area contributed by atoms with Gasteiger partial charge in [-0.05, 0) is 36.6 Å². The number of hydrogen-bond donors (Lipinski definition) is 2. The second-order valence-corrected chi connectivity index (χ2v) is 3.63. The number of benzene rings is 1. The molecule has 1 aromatic heterocycles. The Hall–Kier alpha value is -1.49. The molecule has 0 unspecified atom stereocenters. The third kappa shape index (κ3) is 2.04. The van der Waals surface area contributed by atoms with Crippen molar-refractivity contribution in [3.8, 4) is 0 Å². The van der Waals surface area contributed by atoms with Crippen LogP contribution in [0.25, 0.3) is 10.9 Å². The fourth-order valence-corrected chi connectivity index (χ4v) is 1.65. The van der Waals surface area contributed by atoms with Crippen molar-refractivity contribution in [2.75, 3.05) is 6.54 Å². The van der Waals surface area contributed by atoms with Crippen LogP contribution in [0.1, 0.15) is 11.3 Å². The van der Waals surface area contributed by atoms with E-state index in [0.717, 1.165) is 23.2 Å². The van der Waals surface area contributed by atoms with Crippen LogP contribution in [-0.4, -0.2) is 11.5 Å². The van der Waals surface area contributed by atoms with Gasteiger partial charge in [0.1, 0.15) is 0 Å². The van der Waals surface area contributed by atoms with E-state index in [4.69, 9.17) is 5.73 Å². The van der Waals surface area contributed by atoms with Gasteiger partial charge in [-0.1, -0.05) is 6.07 Å². The summed E-state index contributed by atoms with van der Waals surface area (Å²) in [5.41, 5.74) is 6.10. The third-order valence-electron chi connectivity index (χ3n) is 2.42. The summed E-state index contributed by atoms with van der Waals surface area (Å²) in [5, 5.41) is 0.774. The fraction of sp³-hybridized carbons (Fsp3) is 0.273. The van der Waals surface area contributed by atoms with Gasteiger partial charge in [0, 0.05) is 11.2 Å². The molecule has 86 valence electrons. The zero-order valence-electron chi connectivity index (χ0n) is 8.43. The summed E-state index contributed by atoms with van der Waals surface area (Å²) in [6.45, 7) is 0.471. The fourth-order valence-electron chi connectivity index (χ4n) is 1.65. The molecule has 0 saturated carbocycles. The number of halogens is 3. The van der Waals surface area contributed by atoms with Gasteiger partial charge in [0.25, 0.3) is 0 Å². The first-order valence-corrected chi connectivity index (χ1v) is 4.89. The van der Waals surface area contributed by atoms with Crippen molar-refractivity contribution >= 4 is 10.9 Å². The van der Waals surface area contributed by atoms with Gasteiger partial charge < -0.3 is 10.7 Å². The lowest BCUT2D eigenvalue weighted by Gasteiger charge is -2.05. The number of H-pyrrole nitrogens is 1. The molecule has 1 heterocycles. The molecule has 0 amide bonds. The van der Waals surface area contributed by atoms with E-state index in [1.165, 1.54) is 6.07 Å². The number of aromatic nitrogens is 1. The molecule has 0 spiro atoms. The lowest BCUT2D eigenvalue weighted by molar-refractivity contribution is -0.137. The minimum atomic E-state index is -4.30. The number of rotatable bonds is 2. The van der Waals surface area contributed by atoms with Crippen molar-refractivity contribution in [1.82, 2.24) is 4.98 Å². The number of nitrogens with one attached hydrogen (secondary N) is 1. The summed E-state index contributed by atoms with van der Waals surface area (Å²) >= 11 is 0. The van der Waals surface area contributed by atoms with E-state index >= 15 is 0 Å². The Balaban J connectivity index is 2.46. The molecule has 2 nitrogen and oxygen atoms in total. The maximum absolute atomic E-state index is 12.4. The van der Waals surface area contributed by atoms with Crippen LogP contribution in [0.4, 0.5) is 13.2 Å². The summed E-state index contributed by atoms with van der Waals surface area (Å²) < 4.78 is 37.3. The van der Waals surface area contributed by atoms with E-state index in [2.05, 4.69) is 4.98 Å². The van der Waals surface area contributed by atoms with E-state index in [0.29, 0.717) is 18.5 Å². The summed E-state index contributed by atoms with van der Waals surface area (Å²) in [4.78, 5) is 2.93. The first kappa shape index (κ1) is 11.0. The van der Waals surface area contributed by atoms with Gasteiger partial charge in [0.2, 0.25) is 0 Å². The van der Waals surface area contributed by atoms with Gasteiger partial charge in [0.15, 0.2) is 0 Å². The highest BCUT2D eigenvalue weighted by Crippen LogP contribution is 2.31. The Labute approximate surface area is 90.3 Å². The van der Waals surface area contributed by atoms with Crippen molar-refractivity contribution in [1.29, 1.82) is 0 Å². The molecule has 2 aromatic rings. The number of nitrogens with two attached hydrogens (primary N) is 1. The molecule has 16 heavy (non-hydrogen) atoms. The second-order valence-electron chi connectivity index (χ2n) is 3.63. The summed E-state index contributed by atoms with van der Waals surface area (Å²) in [5.74, 6) is 0. The molecule has 3 N–H and O–H groups in total. The van der Waals surface area contributed by atoms with Crippen molar-refractivity contribution in [2.45, 2.75) is 12.6 Å². The Morgan fingerprint density at radius 2 is 1.94 bits per heavy atom. The van der Waals surface area contributed by atoms with Crippen LogP contribution in [-0.2, 0) is 12.6 Å². The molecule has 1 aromatic carbocycles. The van der Waals surface area contributed by atoms with Gasteiger partial charge in [0.05, 0.1) is 5.56 Å². The summed E-state index contributed by atoms with van der Waals surface area (Å²) in [7, 11) is 0. The zero-order chi connectivity index (χ0) is 11.8. The number of aromatic amines is 1. The number of hydrogen-bond acceptors (Lipinski definition) is 1. The second kappa shape index (κ2) is 3.83. The van der Waals surface area contributed by atoms with E-state index in [1.807, 2.05) is 6.07 Å². The highest BCUT2D eigenvalue weighted by atomic mass is 19.4. The molecule has 0 atom stereocenters. The molecule has 0 radical (unpaired) electrons. The van der Waals surface area contributed by atoms with Crippen LogP contribution in [0.3, 0.4) is 0 Å². The highest BCUT2D eigenvalue weighted by Gasteiger charge is 2.30. The smallest absolute Gasteiger partial charge is 0.358 e. The lowest BCUT2D eigenvalue weighted by Crippen LogP contribution is -2.04. The average Bonchev–Trinajstić information content (AvgIpc) is 2.57. The first-order valence-electron chi connectivity index (χ1n) is 4.89. The predicted molar refractivity (Wildman–Crippen MR) is 56.1 cm³/mol. The minimum absolute atomic E-state index is 0.471. The molecule has 5 heteroatoms. The van der Waals surface area contributed by atoms with E-state index in [-0.39, 0.29) is 0 Å². The van der Waals surface area contributed by atoms with Gasteiger partial charge in [-0.15, -0.1) is 0 Å². The summed E-state index contributed by atoms with van der Waals surface area (Å²) in [6, 6.07) is 5.49. The van der Waals surface area contributed by atoms with Crippen LogP contribution < -0.4 is 5.73 Å². The molecular weight excluding hydrogens is 217 g/mol. The summed E-state index contributed by atoms with van der Waals surface area (Å²) in [6.07, 6.45) is -3.66. The Morgan fingerprint density at radius 1 is 1.19 bits per heavy atom. The van der Waals surface area contributed by atoms with E-state index in [1.54, 1.807) is 0 Å². The Morgan fingerprint density at radius 3 is 2.56 bits per heavy atom. The Kier molecular flexibility index (Phi) is 2.63. The van der Waals surface area contributed by atoms with Crippen LogP contribution >= 0.6 is 0 Å². The SMILES string of the molecule is NCCc1cc2ccc(C(F)(F)F)cc2[nH]1. The van der Waals surface area contributed by atoms with Gasteiger partial charge in [-0.25, -0.2) is 0 Å². The lowest BCUT2D eigenvalue weighted by atomic mass is 10.1. The van der Waals surface area contributed by atoms with Crippen molar-refractivity contribution < 1.29 is 13.2 Å². The maximum atomic E-state index is 12.4. The zero-order valence-corrected chi connectivity index (χ0v) is 8.43. The molecule has 2 rings (SSSR count). The molecule has 0 saturated heterocycles. The maximum Gasteiger partial charge on any atom is 0.416 e. The third-order valence-corrected chi connectivity index (χ3v) is 2.42. The number of alkyl halides is 3. The highest BCUT2D eigenvalue weighted by molar-refractivity contribution is 5.81. The van der Waals surface area contributed by atoms with Crippen molar-refractivity contribution in [3.05, 3.63) is 35.5 Å². The normalized spacial score (nSPS) is 12.2. The molecule has 0 aliphatic heterocycles. The standard InChI is InChI=1S/C11H11F3N2/c12-11(13,14)8-2-1-7-5-9(3-4-15)16-10(7)6-8/h1-2,5-6,16H,3-4,15H2. The Bertz CT molecular complexity index is 499. The molecule has 0 bridgehead atoms. The van der Waals surface area contributed by atoms with Gasteiger partial charge >= 0.3 is 6.18 Å². The molecule has 0 fully saturated rings. The first-order chi connectivity index (χ1) is 7.50. The van der Waals surface area contributed by atoms with Gasteiger partial charge in [-0.2, -0.15) is 13.2 Å². The molecular formula is C11H11F3N2. The minimum Gasteiger partial charge on any atom is -0.358 e. The number of fused-ring (bicyclic) bond motifs is 1. The van der Waals surface area contributed by atoms with Crippen LogP contribution in [0, 0.1) is 0 Å². The van der Waals surface area contributed by atoms with Crippen molar-refractivity contribution in [2.24, 2.45) is 5.73 Å². The quantitative estimate of drug-likeness (QED) is 0.815. The molecule has 0 aliphatic carbocycles. The van der Waals surface area contributed by atoms with Crippen LogP contribution in [0.2, 0.25) is 0 Å². The predicted octanol–water partition coefficient (Wildman–Crippen LogP) is 2.69. The van der Waals surface area contributed by atoms with E-state index < -0.39 is 11.7 Å². The van der Waals surface area contributed by atoms with Crippen LogP contribution in [0.5, 0.6) is 0 Å². The largest absolute Gasteiger partial charge is 0.416 e. The molecule has 0 aliphatic rings. The monoisotopic (exact) mass is 228 g/mol. The van der Waals surface area contributed by atoms with Gasteiger partial charge in [-0.3, -0.25) is 0 Å². The van der Waals surface area contributed by atoms with Crippen molar-refractivity contribution in [3.63, 3.8) is 0 Å².